The van der Waals surface area contributed by atoms with Crippen LogP contribution in [0.1, 0.15) is 18.7 Å². The Morgan fingerprint density at radius 2 is 1.78 bits per heavy atom. The molecule has 0 aliphatic carbocycles. The molecule has 0 aliphatic rings. The van der Waals surface area contributed by atoms with Crippen LogP contribution in [0, 0.1) is 5.82 Å². The van der Waals surface area contributed by atoms with Crippen molar-refractivity contribution in [2.24, 2.45) is 7.05 Å². The van der Waals surface area contributed by atoms with E-state index in [1.807, 2.05) is 0 Å². The highest BCUT2D eigenvalue weighted by molar-refractivity contribution is 7.90. The molecule has 0 bridgehead atoms. The van der Waals surface area contributed by atoms with Crippen LogP contribution >= 0.6 is 0 Å². The molecule has 1 atom stereocenters. The van der Waals surface area contributed by atoms with Gasteiger partial charge in [-0.2, -0.15) is 0 Å². The molecule has 0 aliphatic heterocycles. The lowest BCUT2D eigenvalue weighted by atomic mass is 10.1. The lowest BCUT2D eigenvalue weighted by Gasteiger charge is -2.19. The highest BCUT2D eigenvalue weighted by atomic mass is 32.2. The molecule has 3 aromatic heterocycles. The van der Waals surface area contributed by atoms with E-state index in [1.54, 1.807) is 32.2 Å². The number of sulfone groups is 1. The van der Waals surface area contributed by atoms with Crippen LogP contribution in [0.3, 0.4) is 0 Å². The van der Waals surface area contributed by atoms with Crippen LogP contribution in [0.15, 0.2) is 47.4 Å². The first kappa shape index (κ1) is 26.1. The molecule has 0 fully saturated rings. The minimum Gasteiger partial charge on any atom is -0.496 e. The van der Waals surface area contributed by atoms with Crippen LogP contribution in [0.5, 0.6) is 17.4 Å². The Balaban J connectivity index is 1.94. The third kappa shape index (κ3) is 5.15. The predicted molar refractivity (Wildman–Crippen MR) is 137 cm³/mol. The largest absolute Gasteiger partial charge is 0.496 e. The second-order valence-corrected chi connectivity index (χ2v) is 10.6. The Morgan fingerprint density at radius 1 is 1.08 bits per heavy atom. The van der Waals surface area contributed by atoms with E-state index in [2.05, 4.69) is 9.97 Å². The van der Waals surface area contributed by atoms with Crippen molar-refractivity contribution in [3.63, 3.8) is 0 Å². The Hall–Kier alpha value is -3.93. The fourth-order valence-corrected chi connectivity index (χ4v) is 5.06. The van der Waals surface area contributed by atoms with E-state index < -0.39 is 33.1 Å². The summed E-state index contributed by atoms with van der Waals surface area (Å²) >= 11 is 0. The number of ether oxygens (including phenoxy) is 3. The molecule has 1 aromatic carbocycles. The van der Waals surface area contributed by atoms with Crippen molar-refractivity contribution in [1.29, 1.82) is 0 Å². The van der Waals surface area contributed by atoms with Gasteiger partial charge in [0.2, 0.25) is 0 Å². The summed E-state index contributed by atoms with van der Waals surface area (Å²) in [5.41, 5.74) is 1.46. The number of rotatable bonds is 9. The first-order valence-corrected chi connectivity index (χ1v) is 13.4. The van der Waals surface area contributed by atoms with Crippen molar-refractivity contribution in [3.8, 4) is 28.5 Å². The van der Waals surface area contributed by atoms with Gasteiger partial charge in [-0.1, -0.05) is 0 Å². The molecule has 0 saturated carbocycles. The van der Waals surface area contributed by atoms with Gasteiger partial charge in [0.15, 0.2) is 11.4 Å². The summed E-state index contributed by atoms with van der Waals surface area (Å²) in [6.45, 7) is 2.09. The van der Waals surface area contributed by atoms with Gasteiger partial charge in [-0.25, -0.2) is 27.6 Å². The summed E-state index contributed by atoms with van der Waals surface area (Å²) in [6.07, 6.45) is 2.57. The van der Waals surface area contributed by atoms with Gasteiger partial charge < -0.3 is 14.2 Å². The normalized spacial score (nSPS) is 12.5. The van der Waals surface area contributed by atoms with Crippen LogP contribution in [0.2, 0.25) is 0 Å². The molecule has 4 rings (SSSR count). The van der Waals surface area contributed by atoms with Gasteiger partial charge >= 0.3 is 5.69 Å². The number of hydrogen-bond acceptors (Lipinski definition) is 8. The third-order valence-corrected chi connectivity index (χ3v) is 6.79. The molecule has 4 aromatic rings. The molecular weight excluding hydrogens is 503 g/mol. The standard InChI is InChI=1S/C25H27FN4O6S/c1-6-36-24-22(35-4)10-8-18(28-24)20(14-37(5,32)33)30-23-19(29(2)25(30)31)11-15(13-27-23)17-12-16(26)7-9-21(17)34-3/h7-13,20H,6,14H2,1-5H3/t20-/m1/s1. The van der Waals surface area contributed by atoms with Gasteiger partial charge in [-0.3, -0.25) is 9.13 Å². The molecular formula is C25H27FN4O6S. The molecule has 37 heavy (non-hydrogen) atoms. The van der Waals surface area contributed by atoms with Crippen LogP contribution in [-0.4, -0.2) is 60.4 Å². The summed E-state index contributed by atoms with van der Waals surface area (Å²) in [5, 5.41) is 0. The van der Waals surface area contributed by atoms with Crippen molar-refractivity contribution in [3.05, 3.63) is 64.6 Å². The summed E-state index contributed by atoms with van der Waals surface area (Å²) in [4.78, 5) is 22.5. The number of halogens is 1. The molecule has 0 N–H and O–H groups in total. The van der Waals surface area contributed by atoms with Crippen molar-refractivity contribution < 1.29 is 27.0 Å². The van der Waals surface area contributed by atoms with Gasteiger partial charge in [-0.05, 0) is 43.3 Å². The maximum absolute atomic E-state index is 14.0. The van der Waals surface area contributed by atoms with Crippen molar-refractivity contribution in [1.82, 2.24) is 19.1 Å². The van der Waals surface area contributed by atoms with E-state index in [4.69, 9.17) is 14.2 Å². The Bertz CT molecular complexity index is 1630. The van der Waals surface area contributed by atoms with Crippen LogP contribution in [0.4, 0.5) is 4.39 Å². The average Bonchev–Trinajstić information content (AvgIpc) is 3.11. The van der Waals surface area contributed by atoms with E-state index in [-0.39, 0.29) is 11.5 Å². The Morgan fingerprint density at radius 3 is 2.43 bits per heavy atom. The lowest BCUT2D eigenvalue weighted by Crippen LogP contribution is -2.31. The minimum absolute atomic E-state index is 0.183. The maximum atomic E-state index is 14.0. The topological polar surface area (TPSA) is 115 Å². The summed E-state index contributed by atoms with van der Waals surface area (Å²) in [5.74, 6) is 0.139. The van der Waals surface area contributed by atoms with Crippen LogP contribution < -0.4 is 19.9 Å². The highest BCUT2D eigenvalue weighted by Gasteiger charge is 2.28. The fourth-order valence-electron chi connectivity index (χ4n) is 4.17. The fraction of sp³-hybridized carbons (Fsp3) is 0.320. The second kappa shape index (κ2) is 10.2. The summed E-state index contributed by atoms with van der Waals surface area (Å²) in [6, 6.07) is 8.00. The summed E-state index contributed by atoms with van der Waals surface area (Å²) in [7, 11) is 0.932. The molecule has 0 saturated heterocycles. The van der Waals surface area contributed by atoms with E-state index >= 15 is 0 Å². The van der Waals surface area contributed by atoms with Crippen molar-refractivity contribution in [2.75, 3.05) is 32.8 Å². The van der Waals surface area contributed by atoms with Crippen LogP contribution in [-0.2, 0) is 16.9 Å². The van der Waals surface area contributed by atoms with Gasteiger partial charge in [-0.15, -0.1) is 0 Å². The van der Waals surface area contributed by atoms with Gasteiger partial charge in [0, 0.05) is 30.6 Å². The average molecular weight is 531 g/mol. The first-order valence-electron chi connectivity index (χ1n) is 11.3. The number of methoxy groups -OCH3 is 2. The molecule has 0 amide bonds. The zero-order chi connectivity index (χ0) is 26.9. The molecule has 12 heteroatoms. The molecule has 0 radical (unpaired) electrons. The quantitative estimate of drug-likeness (QED) is 0.325. The molecule has 196 valence electrons. The molecule has 0 unspecified atom stereocenters. The molecule has 0 spiro atoms. The minimum atomic E-state index is -3.57. The number of imidazole rings is 1. The lowest BCUT2D eigenvalue weighted by molar-refractivity contribution is 0.296. The van der Waals surface area contributed by atoms with Crippen LogP contribution in [0.25, 0.3) is 22.3 Å². The summed E-state index contributed by atoms with van der Waals surface area (Å²) < 4.78 is 57.8. The van der Waals surface area contributed by atoms with E-state index in [0.717, 1.165) is 6.26 Å². The van der Waals surface area contributed by atoms with Gasteiger partial charge in [0.1, 0.15) is 21.4 Å². The first-order chi connectivity index (χ1) is 17.6. The smallest absolute Gasteiger partial charge is 0.330 e. The number of aryl methyl sites for hydroxylation is 1. The van der Waals surface area contributed by atoms with Gasteiger partial charge in [0.25, 0.3) is 5.88 Å². The maximum Gasteiger partial charge on any atom is 0.330 e. The van der Waals surface area contributed by atoms with Gasteiger partial charge in [0.05, 0.1) is 43.8 Å². The number of hydrogen-bond donors (Lipinski definition) is 0. The molecule has 3 heterocycles. The predicted octanol–water partition coefficient (Wildman–Crippen LogP) is 2.99. The van der Waals surface area contributed by atoms with E-state index in [9.17, 15) is 17.6 Å². The van der Waals surface area contributed by atoms with Crippen molar-refractivity contribution in [2.45, 2.75) is 13.0 Å². The van der Waals surface area contributed by atoms with E-state index in [1.165, 1.54) is 47.7 Å². The Kier molecular flexibility index (Phi) is 7.21. The Labute approximate surface area is 213 Å². The monoisotopic (exact) mass is 530 g/mol. The zero-order valence-corrected chi connectivity index (χ0v) is 21.9. The zero-order valence-electron chi connectivity index (χ0n) is 21.1. The molecule has 10 nitrogen and oxygen atoms in total. The van der Waals surface area contributed by atoms with E-state index in [0.29, 0.717) is 40.4 Å². The number of fused-ring (bicyclic) bond motifs is 1. The number of aromatic nitrogens is 4. The number of pyridine rings is 2. The SMILES string of the molecule is CCOc1nc([C@@H](CS(C)(=O)=O)n2c(=O)n(C)c3cc(-c4cc(F)ccc4OC)cnc32)ccc1OC. The number of nitrogens with zero attached hydrogens (tertiary/aromatic N) is 4. The highest BCUT2D eigenvalue weighted by Crippen LogP contribution is 2.33. The number of benzene rings is 1. The van der Waals surface area contributed by atoms with Crippen molar-refractivity contribution >= 4 is 21.0 Å². The second-order valence-electron chi connectivity index (χ2n) is 8.41. The third-order valence-electron chi connectivity index (χ3n) is 5.86.